The van der Waals surface area contributed by atoms with Crippen LogP contribution in [0.3, 0.4) is 0 Å². The molecular weight excluding hydrogens is 318 g/mol. The molecule has 0 saturated heterocycles. The smallest absolute Gasteiger partial charge is 0.164 e. The summed E-state index contributed by atoms with van der Waals surface area (Å²) in [6.45, 7) is 0.593. The van der Waals surface area contributed by atoms with Crippen LogP contribution in [0.15, 0.2) is 30.3 Å². The average molecular weight is 345 g/mol. The van der Waals surface area contributed by atoms with Crippen molar-refractivity contribution in [3.8, 4) is 23.0 Å². The quantitative estimate of drug-likeness (QED) is 0.757. The van der Waals surface area contributed by atoms with E-state index < -0.39 is 0 Å². The number of ether oxygens (including phenoxy) is 4. The van der Waals surface area contributed by atoms with Crippen molar-refractivity contribution in [2.75, 3.05) is 35.0 Å². The molecule has 0 atom stereocenters. The van der Waals surface area contributed by atoms with Gasteiger partial charge in [-0.3, -0.25) is 0 Å². The maximum absolute atomic E-state index is 5.77. The Morgan fingerprint density at radius 1 is 0.760 bits per heavy atom. The van der Waals surface area contributed by atoms with Crippen molar-refractivity contribution in [1.29, 1.82) is 0 Å². The molecule has 25 heavy (non-hydrogen) atoms. The van der Waals surface area contributed by atoms with Crippen LogP contribution in [0.5, 0.6) is 23.0 Å². The van der Waals surface area contributed by atoms with E-state index in [1.165, 1.54) is 5.56 Å². The summed E-state index contributed by atoms with van der Waals surface area (Å²) in [7, 11) is 6.63. The molecule has 0 aromatic heterocycles. The van der Waals surface area contributed by atoms with E-state index in [2.05, 4.69) is 6.07 Å². The van der Waals surface area contributed by atoms with E-state index in [0.29, 0.717) is 6.54 Å². The summed E-state index contributed by atoms with van der Waals surface area (Å²) < 4.78 is 21.8. The van der Waals surface area contributed by atoms with Gasteiger partial charge in [-0.2, -0.15) is 0 Å². The molecule has 0 saturated carbocycles. The number of hydrogen-bond donors (Lipinski definition) is 1. The van der Waals surface area contributed by atoms with Gasteiger partial charge >= 0.3 is 0 Å². The lowest BCUT2D eigenvalue weighted by atomic mass is 9.96. The normalized spacial score (nSPS) is 10.4. The second-order valence-electron chi connectivity index (χ2n) is 5.70. The van der Waals surface area contributed by atoms with Crippen molar-refractivity contribution >= 4 is 0 Å². The van der Waals surface area contributed by atoms with Crippen molar-refractivity contribution in [1.82, 2.24) is 0 Å². The minimum atomic E-state index is 0.593. The van der Waals surface area contributed by atoms with Gasteiger partial charge in [0.25, 0.3) is 0 Å². The van der Waals surface area contributed by atoms with Gasteiger partial charge in [0.1, 0.15) is 11.5 Å². The molecule has 0 heterocycles. The second-order valence-corrected chi connectivity index (χ2v) is 5.70. The SMILES string of the molecule is COc1cc(CCc2c(CCN)ccc(OC)c2OC)cc(OC)c1. The van der Waals surface area contributed by atoms with Gasteiger partial charge in [0.05, 0.1) is 28.4 Å². The molecule has 2 N–H and O–H groups in total. The maximum atomic E-state index is 5.77. The highest BCUT2D eigenvalue weighted by atomic mass is 16.5. The zero-order chi connectivity index (χ0) is 18.2. The number of benzene rings is 2. The molecule has 5 heteroatoms. The molecule has 2 aromatic rings. The minimum Gasteiger partial charge on any atom is -0.497 e. The zero-order valence-corrected chi connectivity index (χ0v) is 15.4. The van der Waals surface area contributed by atoms with E-state index in [0.717, 1.165) is 53.4 Å². The number of aryl methyl sites for hydroxylation is 1. The fourth-order valence-electron chi connectivity index (χ4n) is 2.98. The van der Waals surface area contributed by atoms with Gasteiger partial charge in [-0.15, -0.1) is 0 Å². The fraction of sp³-hybridized carbons (Fsp3) is 0.400. The van der Waals surface area contributed by atoms with Gasteiger partial charge in [0.2, 0.25) is 0 Å². The van der Waals surface area contributed by atoms with Gasteiger partial charge in [-0.25, -0.2) is 0 Å². The predicted octanol–water partition coefficient (Wildman–Crippen LogP) is 3.01. The van der Waals surface area contributed by atoms with E-state index in [1.807, 2.05) is 24.3 Å². The van der Waals surface area contributed by atoms with Crippen LogP contribution in [0, 0.1) is 0 Å². The van der Waals surface area contributed by atoms with Crippen LogP contribution in [0.2, 0.25) is 0 Å². The summed E-state index contributed by atoms with van der Waals surface area (Å²) in [5.74, 6) is 3.09. The molecule has 0 aliphatic carbocycles. The molecule has 0 fully saturated rings. The molecule has 0 aliphatic rings. The summed E-state index contributed by atoms with van der Waals surface area (Å²) in [4.78, 5) is 0. The highest BCUT2D eigenvalue weighted by molar-refractivity contribution is 5.51. The molecule has 5 nitrogen and oxygen atoms in total. The molecule has 0 radical (unpaired) electrons. The first-order chi connectivity index (χ1) is 12.2. The van der Waals surface area contributed by atoms with Crippen molar-refractivity contribution in [3.63, 3.8) is 0 Å². The summed E-state index contributed by atoms with van der Waals surface area (Å²) in [6.07, 6.45) is 2.44. The molecule has 0 aliphatic heterocycles. The standard InChI is InChI=1S/C20H27NO4/c1-22-16-11-14(12-17(13-16)23-2)5-7-18-15(9-10-21)6-8-19(24-3)20(18)25-4/h6,8,11-13H,5,7,9-10,21H2,1-4H3. The van der Waals surface area contributed by atoms with E-state index >= 15 is 0 Å². The third-order valence-electron chi connectivity index (χ3n) is 4.23. The van der Waals surface area contributed by atoms with Crippen LogP contribution in [-0.4, -0.2) is 35.0 Å². The summed E-state index contributed by atoms with van der Waals surface area (Å²) >= 11 is 0. The molecule has 0 unspecified atom stereocenters. The molecule has 0 amide bonds. The summed E-state index contributed by atoms with van der Waals surface area (Å²) in [5.41, 5.74) is 9.23. The first-order valence-electron chi connectivity index (χ1n) is 8.31. The molecule has 0 spiro atoms. The van der Waals surface area contributed by atoms with Crippen LogP contribution < -0.4 is 24.7 Å². The molecule has 136 valence electrons. The predicted molar refractivity (Wildman–Crippen MR) is 99.3 cm³/mol. The zero-order valence-electron chi connectivity index (χ0n) is 15.4. The van der Waals surface area contributed by atoms with Gasteiger partial charge in [0, 0.05) is 11.6 Å². The minimum absolute atomic E-state index is 0.593. The highest BCUT2D eigenvalue weighted by Crippen LogP contribution is 2.35. The van der Waals surface area contributed by atoms with E-state index in [1.54, 1.807) is 28.4 Å². The maximum Gasteiger partial charge on any atom is 0.164 e. The van der Waals surface area contributed by atoms with E-state index in [-0.39, 0.29) is 0 Å². The van der Waals surface area contributed by atoms with E-state index in [9.17, 15) is 0 Å². The Balaban J connectivity index is 2.33. The summed E-state index contributed by atoms with van der Waals surface area (Å²) in [6, 6.07) is 9.92. The van der Waals surface area contributed by atoms with Gasteiger partial charge in [0.15, 0.2) is 11.5 Å². The van der Waals surface area contributed by atoms with Crippen molar-refractivity contribution < 1.29 is 18.9 Å². The molecule has 2 rings (SSSR count). The van der Waals surface area contributed by atoms with Crippen molar-refractivity contribution in [2.24, 2.45) is 5.73 Å². The monoisotopic (exact) mass is 345 g/mol. The number of methoxy groups -OCH3 is 4. The van der Waals surface area contributed by atoms with E-state index in [4.69, 9.17) is 24.7 Å². The van der Waals surface area contributed by atoms with Crippen molar-refractivity contribution in [2.45, 2.75) is 19.3 Å². The molecular formula is C20H27NO4. The fourth-order valence-corrected chi connectivity index (χ4v) is 2.98. The Morgan fingerprint density at radius 2 is 1.44 bits per heavy atom. The Labute approximate surface area is 149 Å². The lowest BCUT2D eigenvalue weighted by Gasteiger charge is -2.17. The van der Waals surface area contributed by atoms with Crippen LogP contribution in [0.25, 0.3) is 0 Å². The average Bonchev–Trinajstić information content (AvgIpc) is 2.66. The van der Waals surface area contributed by atoms with Crippen LogP contribution >= 0.6 is 0 Å². The largest absolute Gasteiger partial charge is 0.497 e. The molecule has 2 aromatic carbocycles. The number of rotatable bonds is 9. The number of hydrogen-bond acceptors (Lipinski definition) is 5. The summed E-state index contributed by atoms with van der Waals surface area (Å²) in [5, 5.41) is 0. The Kier molecular flexibility index (Phi) is 6.95. The number of nitrogens with two attached hydrogens (primary N) is 1. The highest BCUT2D eigenvalue weighted by Gasteiger charge is 2.15. The Bertz CT molecular complexity index is 678. The lowest BCUT2D eigenvalue weighted by Crippen LogP contribution is -2.08. The van der Waals surface area contributed by atoms with Crippen molar-refractivity contribution in [3.05, 3.63) is 47.0 Å². The molecule has 0 bridgehead atoms. The van der Waals surface area contributed by atoms with Gasteiger partial charge in [-0.1, -0.05) is 6.07 Å². The third kappa shape index (κ3) is 4.57. The first kappa shape index (κ1) is 18.9. The lowest BCUT2D eigenvalue weighted by molar-refractivity contribution is 0.351. The first-order valence-corrected chi connectivity index (χ1v) is 8.31. The van der Waals surface area contributed by atoms with Gasteiger partial charge in [-0.05, 0) is 55.1 Å². The Hall–Kier alpha value is -2.40. The van der Waals surface area contributed by atoms with Crippen LogP contribution in [0.1, 0.15) is 16.7 Å². The van der Waals surface area contributed by atoms with Crippen LogP contribution in [-0.2, 0) is 19.3 Å². The third-order valence-corrected chi connectivity index (χ3v) is 4.23. The second kappa shape index (κ2) is 9.18. The Morgan fingerprint density at radius 3 is 1.96 bits per heavy atom. The van der Waals surface area contributed by atoms with Gasteiger partial charge < -0.3 is 24.7 Å². The topological polar surface area (TPSA) is 62.9 Å². The van der Waals surface area contributed by atoms with Crippen LogP contribution in [0.4, 0.5) is 0 Å².